The Kier molecular flexibility index (Phi) is 6.60. The van der Waals surface area contributed by atoms with E-state index in [9.17, 15) is 22.4 Å². The molecule has 2 atom stereocenters. The number of carbonyl (C=O) groups excluding carboxylic acids is 1. The minimum Gasteiger partial charge on any atom is -0.335 e. The van der Waals surface area contributed by atoms with Crippen molar-refractivity contribution in [3.05, 3.63) is 70.8 Å². The predicted molar refractivity (Wildman–Crippen MR) is 90.7 cm³/mol. The van der Waals surface area contributed by atoms with E-state index in [4.69, 9.17) is 0 Å². The van der Waals surface area contributed by atoms with Crippen LogP contribution in [0.4, 0.5) is 22.4 Å². The molecule has 0 radical (unpaired) electrons. The summed E-state index contributed by atoms with van der Waals surface area (Å²) in [5.41, 5.74) is -0.219. The van der Waals surface area contributed by atoms with Crippen LogP contribution in [0.1, 0.15) is 25.0 Å². The molecule has 2 rings (SSSR count). The normalized spacial score (nSPS) is 13.2. The van der Waals surface area contributed by atoms with Crippen molar-refractivity contribution in [2.75, 3.05) is 0 Å². The zero-order valence-electron chi connectivity index (χ0n) is 14.5. The largest absolute Gasteiger partial charge is 0.335 e. The van der Waals surface area contributed by atoms with Crippen LogP contribution < -0.4 is 10.6 Å². The summed E-state index contributed by atoms with van der Waals surface area (Å²) < 4.78 is 54.5. The molecule has 0 fully saturated rings. The third-order valence-electron chi connectivity index (χ3n) is 3.90. The van der Waals surface area contributed by atoms with Gasteiger partial charge in [0.05, 0.1) is 0 Å². The first-order chi connectivity index (χ1) is 12.3. The summed E-state index contributed by atoms with van der Waals surface area (Å²) in [6, 6.07) is 5.46. The first-order valence-electron chi connectivity index (χ1n) is 8.20. The molecule has 0 unspecified atom stereocenters. The summed E-state index contributed by atoms with van der Waals surface area (Å²) in [5.74, 6) is -2.71. The molecule has 2 N–H and O–H groups in total. The van der Waals surface area contributed by atoms with E-state index >= 15 is 0 Å². The molecule has 0 spiro atoms. The highest BCUT2D eigenvalue weighted by Gasteiger charge is 2.17. The maximum absolute atomic E-state index is 13.6. The van der Waals surface area contributed by atoms with E-state index in [0.717, 1.165) is 24.3 Å². The van der Waals surface area contributed by atoms with Crippen LogP contribution in [0.5, 0.6) is 0 Å². The zero-order chi connectivity index (χ0) is 19.3. The fourth-order valence-electron chi connectivity index (χ4n) is 2.66. The third kappa shape index (κ3) is 5.21. The average Bonchev–Trinajstić information content (AvgIpc) is 2.54. The summed E-state index contributed by atoms with van der Waals surface area (Å²) >= 11 is 0. The number of amides is 2. The molecule has 0 saturated carbocycles. The fraction of sp³-hybridized carbons (Fsp3) is 0.316. The third-order valence-corrected chi connectivity index (χ3v) is 3.90. The molecule has 0 aliphatic carbocycles. The molecular weight excluding hydrogens is 348 g/mol. The minimum atomic E-state index is -0.678. The number of urea groups is 1. The first-order valence-corrected chi connectivity index (χ1v) is 8.20. The van der Waals surface area contributed by atoms with Crippen LogP contribution in [0.2, 0.25) is 0 Å². The van der Waals surface area contributed by atoms with Gasteiger partial charge in [0.25, 0.3) is 0 Å². The van der Waals surface area contributed by atoms with Crippen molar-refractivity contribution in [3.8, 4) is 0 Å². The fourth-order valence-corrected chi connectivity index (χ4v) is 2.66. The zero-order valence-corrected chi connectivity index (χ0v) is 14.5. The van der Waals surface area contributed by atoms with Crippen molar-refractivity contribution < 1.29 is 22.4 Å². The van der Waals surface area contributed by atoms with Crippen molar-refractivity contribution in [1.29, 1.82) is 0 Å². The topological polar surface area (TPSA) is 41.1 Å². The van der Waals surface area contributed by atoms with Gasteiger partial charge in [0, 0.05) is 23.2 Å². The molecule has 2 aromatic rings. The Morgan fingerprint density at radius 2 is 1.08 bits per heavy atom. The van der Waals surface area contributed by atoms with Crippen LogP contribution >= 0.6 is 0 Å². The van der Waals surface area contributed by atoms with Crippen molar-refractivity contribution in [1.82, 2.24) is 10.6 Å². The van der Waals surface area contributed by atoms with Gasteiger partial charge in [0.2, 0.25) is 0 Å². The summed E-state index contributed by atoms with van der Waals surface area (Å²) in [6.45, 7) is 3.21. The lowest BCUT2D eigenvalue weighted by Crippen LogP contribution is -2.46. The lowest BCUT2D eigenvalue weighted by atomic mass is 10.1. The van der Waals surface area contributed by atoms with E-state index in [1.807, 2.05) is 0 Å². The van der Waals surface area contributed by atoms with Crippen LogP contribution in [0.25, 0.3) is 0 Å². The van der Waals surface area contributed by atoms with Gasteiger partial charge in [-0.2, -0.15) is 0 Å². The van der Waals surface area contributed by atoms with E-state index in [-0.39, 0.29) is 24.0 Å². The molecule has 0 bridgehead atoms. The second kappa shape index (κ2) is 8.69. The molecule has 3 nitrogen and oxygen atoms in total. The van der Waals surface area contributed by atoms with Crippen LogP contribution in [-0.2, 0) is 12.8 Å². The molecule has 0 aromatic heterocycles. The van der Waals surface area contributed by atoms with Gasteiger partial charge in [-0.05, 0) is 51.0 Å². The number of hydrogen-bond acceptors (Lipinski definition) is 1. The molecule has 0 saturated heterocycles. The highest BCUT2D eigenvalue weighted by atomic mass is 19.1. The smallest absolute Gasteiger partial charge is 0.315 e. The van der Waals surface area contributed by atoms with Crippen molar-refractivity contribution in [2.45, 2.75) is 38.8 Å². The van der Waals surface area contributed by atoms with E-state index in [0.29, 0.717) is 0 Å². The summed E-state index contributed by atoms with van der Waals surface area (Å²) in [4.78, 5) is 12.0. The Morgan fingerprint density at radius 3 is 1.38 bits per heavy atom. The van der Waals surface area contributed by atoms with E-state index in [2.05, 4.69) is 10.6 Å². The van der Waals surface area contributed by atoms with Gasteiger partial charge in [-0.15, -0.1) is 0 Å². The van der Waals surface area contributed by atoms with Crippen molar-refractivity contribution in [2.24, 2.45) is 0 Å². The Morgan fingerprint density at radius 1 is 0.769 bits per heavy atom. The second-order valence-electron chi connectivity index (χ2n) is 6.23. The van der Waals surface area contributed by atoms with Crippen LogP contribution in [-0.4, -0.2) is 18.1 Å². The Labute approximate surface area is 149 Å². The highest BCUT2D eigenvalue weighted by molar-refractivity contribution is 5.74. The maximum Gasteiger partial charge on any atom is 0.315 e. The number of hydrogen-bond donors (Lipinski definition) is 2. The molecule has 2 amide bonds. The van der Waals surface area contributed by atoms with Gasteiger partial charge in [-0.25, -0.2) is 22.4 Å². The molecule has 2 aromatic carbocycles. The van der Waals surface area contributed by atoms with E-state index in [1.54, 1.807) is 13.8 Å². The molecule has 140 valence electrons. The highest BCUT2D eigenvalue weighted by Crippen LogP contribution is 2.15. The van der Waals surface area contributed by atoms with Crippen LogP contribution in [0.15, 0.2) is 36.4 Å². The Bertz CT molecular complexity index is 678. The van der Waals surface area contributed by atoms with Gasteiger partial charge in [0.15, 0.2) is 0 Å². The molecule has 26 heavy (non-hydrogen) atoms. The van der Waals surface area contributed by atoms with Crippen LogP contribution in [0.3, 0.4) is 0 Å². The standard InChI is InChI=1S/C19H20F4N2O/c1-11(9-13-15(20)5-3-6-16(13)21)24-19(26)25-12(2)10-14-17(22)7-4-8-18(14)23/h3-8,11-12H,9-10H2,1-2H3,(H2,24,25,26)/t11-,12-/m0/s1. The monoisotopic (exact) mass is 368 g/mol. The second-order valence-corrected chi connectivity index (χ2v) is 6.23. The minimum absolute atomic E-state index is 0.0255. The molecule has 0 heterocycles. The number of rotatable bonds is 6. The lowest BCUT2D eigenvalue weighted by molar-refractivity contribution is 0.234. The van der Waals surface area contributed by atoms with Gasteiger partial charge in [-0.1, -0.05) is 12.1 Å². The van der Waals surface area contributed by atoms with E-state index in [1.165, 1.54) is 12.1 Å². The Balaban J connectivity index is 1.89. The number of carbonyl (C=O) groups is 1. The van der Waals surface area contributed by atoms with Gasteiger partial charge >= 0.3 is 6.03 Å². The van der Waals surface area contributed by atoms with Gasteiger partial charge < -0.3 is 10.6 Å². The maximum atomic E-state index is 13.6. The molecule has 0 aliphatic heterocycles. The van der Waals surface area contributed by atoms with Crippen molar-refractivity contribution >= 4 is 6.03 Å². The lowest BCUT2D eigenvalue weighted by Gasteiger charge is -2.19. The predicted octanol–water partition coefficient (Wildman–Crippen LogP) is 4.10. The number of halogens is 4. The summed E-state index contributed by atoms with van der Waals surface area (Å²) in [7, 11) is 0. The average molecular weight is 368 g/mol. The number of nitrogens with one attached hydrogen (secondary N) is 2. The van der Waals surface area contributed by atoms with Crippen molar-refractivity contribution in [3.63, 3.8) is 0 Å². The summed E-state index contributed by atoms with van der Waals surface area (Å²) in [6.07, 6.45) is -0.0511. The van der Waals surface area contributed by atoms with Crippen LogP contribution in [0, 0.1) is 23.3 Å². The molecular formula is C19H20F4N2O. The molecule has 7 heteroatoms. The quantitative estimate of drug-likeness (QED) is 0.741. The van der Waals surface area contributed by atoms with Gasteiger partial charge in [-0.3, -0.25) is 0 Å². The molecule has 0 aliphatic rings. The number of benzene rings is 2. The SMILES string of the molecule is C[C@@H](Cc1c(F)cccc1F)NC(=O)N[C@@H](C)Cc1c(F)cccc1F. The van der Waals surface area contributed by atoms with E-state index < -0.39 is 41.4 Å². The van der Waals surface area contributed by atoms with Gasteiger partial charge in [0.1, 0.15) is 23.3 Å². The summed E-state index contributed by atoms with van der Waals surface area (Å²) in [5, 5.41) is 5.12. The Hall–Kier alpha value is -2.57. The first kappa shape index (κ1) is 19.8.